The molecule has 1 aromatic rings. The molecule has 0 saturated heterocycles. The molecule has 1 N–H and O–H groups in total. The van der Waals surface area contributed by atoms with Crippen LogP contribution in [0.2, 0.25) is 0 Å². The largest absolute Gasteiger partial charge is 0.435 e. The van der Waals surface area contributed by atoms with Crippen LogP contribution in [0.4, 0.5) is 8.78 Å². The second-order valence-corrected chi connectivity index (χ2v) is 4.62. The molecule has 0 radical (unpaired) electrons. The molecule has 106 valence electrons. The summed E-state index contributed by atoms with van der Waals surface area (Å²) in [6.45, 7) is 3.12. The van der Waals surface area contributed by atoms with Gasteiger partial charge in [-0.05, 0) is 44.0 Å². The Morgan fingerprint density at radius 2 is 1.79 bits per heavy atom. The number of nitrogens with one attached hydrogen (secondary N) is 1. The number of carbonyl (C=O) groups excluding carboxylic acids is 1. The van der Waals surface area contributed by atoms with Crippen LogP contribution in [0.1, 0.15) is 44.0 Å². The van der Waals surface area contributed by atoms with Crippen molar-refractivity contribution in [3.63, 3.8) is 0 Å². The molecule has 0 atom stereocenters. The van der Waals surface area contributed by atoms with Gasteiger partial charge in [0.1, 0.15) is 5.75 Å². The lowest BCUT2D eigenvalue weighted by Gasteiger charge is -2.28. The van der Waals surface area contributed by atoms with Gasteiger partial charge in [0, 0.05) is 11.1 Å². The van der Waals surface area contributed by atoms with Crippen molar-refractivity contribution in [2.75, 3.05) is 0 Å². The van der Waals surface area contributed by atoms with Crippen LogP contribution in [0.3, 0.4) is 0 Å². The zero-order chi connectivity index (χ0) is 14.5. The predicted octanol–water partition coefficient (Wildman–Crippen LogP) is 3.60. The Labute approximate surface area is 112 Å². The van der Waals surface area contributed by atoms with E-state index in [9.17, 15) is 13.6 Å². The van der Waals surface area contributed by atoms with Gasteiger partial charge in [-0.2, -0.15) is 8.78 Å². The molecule has 0 spiro atoms. The van der Waals surface area contributed by atoms with Crippen molar-refractivity contribution in [1.82, 2.24) is 5.32 Å². The zero-order valence-electron chi connectivity index (χ0n) is 11.4. The van der Waals surface area contributed by atoms with E-state index < -0.39 is 6.61 Å². The van der Waals surface area contributed by atoms with Gasteiger partial charge in [0.25, 0.3) is 5.91 Å². The van der Waals surface area contributed by atoms with Crippen molar-refractivity contribution in [2.45, 2.75) is 45.8 Å². The van der Waals surface area contributed by atoms with Gasteiger partial charge in [-0.3, -0.25) is 4.79 Å². The third-order valence-electron chi connectivity index (χ3n) is 3.32. The standard InChI is InChI=1S/C14H19F2NO2/c1-4-14(3,5-2)17-12(18)10-6-8-11(9-7-10)19-13(15)16/h6-9,13H,4-5H2,1-3H3,(H,17,18). The Morgan fingerprint density at radius 3 is 2.21 bits per heavy atom. The highest BCUT2D eigenvalue weighted by Gasteiger charge is 2.22. The smallest absolute Gasteiger partial charge is 0.387 e. The summed E-state index contributed by atoms with van der Waals surface area (Å²) in [4.78, 5) is 12.0. The molecule has 19 heavy (non-hydrogen) atoms. The number of alkyl halides is 2. The molecule has 1 rings (SSSR count). The van der Waals surface area contributed by atoms with Crippen molar-refractivity contribution in [2.24, 2.45) is 0 Å². The fraction of sp³-hybridized carbons (Fsp3) is 0.500. The van der Waals surface area contributed by atoms with Crippen LogP contribution in [-0.4, -0.2) is 18.1 Å². The maximum absolute atomic E-state index is 12.0. The Morgan fingerprint density at radius 1 is 1.26 bits per heavy atom. The molecular weight excluding hydrogens is 252 g/mol. The fourth-order valence-electron chi connectivity index (χ4n) is 1.56. The number of hydrogen-bond acceptors (Lipinski definition) is 2. The second-order valence-electron chi connectivity index (χ2n) is 4.62. The maximum atomic E-state index is 12.0. The summed E-state index contributed by atoms with van der Waals surface area (Å²) in [5.41, 5.74) is 0.171. The molecule has 0 aliphatic rings. The number of rotatable bonds is 6. The SMILES string of the molecule is CCC(C)(CC)NC(=O)c1ccc(OC(F)F)cc1. The number of amides is 1. The summed E-state index contributed by atoms with van der Waals surface area (Å²) < 4.78 is 28.2. The van der Waals surface area contributed by atoms with E-state index in [2.05, 4.69) is 10.1 Å². The molecule has 0 aliphatic heterocycles. The van der Waals surface area contributed by atoms with Gasteiger partial charge in [-0.25, -0.2) is 0 Å². The first-order valence-electron chi connectivity index (χ1n) is 6.27. The number of hydrogen-bond donors (Lipinski definition) is 1. The molecule has 1 amide bonds. The summed E-state index contributed by atoms with van der Waals surface area (Å²) in [5.74, 6) is -0.171. The van der Waals surface area contributed by atoms with Gasteiger partial charge in [0.15, 0.2) is 0 Å². The first-order chi connectivity index (χ1) is 8.90. The Bertz CT molecular complexity index is 414. The van der Waals surface area contributed by atoms with Crippen molar-refractivity contribution in [1.29, 1.82) is 0 Å². The number of ether oxygens (including phenoxy) is 1. The lowest BCUT2D eigenvalue weighted by molar-refractivity contribution is -0.0498. The maximum Gasteiger partial charge on any atom is 0.387 e. The van der Waals surface area contributed by atoms with Crippen molar-refractivity contribution >= 4 is 5.91 Å². The summed E-state index contributed by atoms with van der Waals surface area (Å²) in [6, 6.07) is 5.66. The first kappa shape index (κ1) is 15.4. The summed E-state index contributed by atoms with van der Waals surface area (Å²) in [5, 5.41) is 2.94. The average Bonchev–Trinajstić information content (AvgIpc) is 2.38. The van der Waals surface area contributed by atoms with Crippen molar-refractivity contribution in [3.05, 3.63) is 29.8 Å². The molecule has 3 nitrogen and oxygen atoms in total. The van der Waals surface area contributed by atoms with Crippen LogP contribution in [0.25, 0.3) is 0 Å². The predicted molar refractivity (Wildman–Crippen MR) is 69.5 cm³/mol. The van der Waals surface area contributed by atoms with Gasteiger partial charge in [-0.15, -0.1) is 0 Å². The average molecular weight is 271 g/mol. The minimum Gasteiger partial charge on any atom is -0.435 e. The highest BCUT2D eigenvalue weighted by molar-refractivity contribution is 5.94. The minimum absolute atomic E-state index is 0.0419. The van der Waals surface area contributed by atoms with E-state index in [1.807, 2.05) is 20.8 Å². The summed E-state index contributed by atoms with van der Waals surface area (Å²) in [6.07, 6.45) is 1.64. The van der Waals surface area contributed by atoms with Crippen LogP contribution in [0.5, 0.6) is 5.75 Å². The van der Waals surface area contributed by atoms with Gasteiger partial charge in [0.2, 0.25) is 0 Å². The van der Waals surface area contributed by atoms with Gasteiger partial charge < -0.3 is 10.1 Å². The summed E-state index contributed by atoms with van der Waals surface area (Å²) in [7, 11) is 0. The molecule has 0 saturated carbocycles. The molecule has 0 unspecified atom stereocenters. The lowest BCUT2D eigenvalue weighted by atomic mass is 9.95. The van der Waals surface area contributed by atoms with E-state index in [1.165, 1.54) is 24.3 Å². The van der Waals surface area contributed by atoms with Gasteiger partial charge >= 0.3 is 6.61 Å². The second kappa shape index (κ2) is 6.50. The van der Waals surface area contributed by atoms with Crippen LogP contribution >= 0.6 is 0 Å². The number of benzene rings is 1. The van der Waals surface area contributed by atoms with Crippen LogP contribution < -0.4 is 10.1 Å². The Hall–Kier alpha value is -1.65. The Kier molecular flexibility index (Phi) is 5.27. The topological polar surface area (TPSA) is 38.3 Å². The van der Waals surface area contributed by atoms with E-state index in [0.29, 0.717) is 5.56 Å². The molecule has 0 aromatic heterocycles. The highest BCUT2D eigenvalue weighted by Crippen LogP contribution is 2.17. The van der Waals surface area contributed by atoms with E-state index in [0.717, 1.165) is 12.8 Å². The molecule has 5 heteroatoms. The molecule has 0 heterocycles. The molecule has 1 aromatic carbocycles. The number of carbonyl (C=O) groups is 1. The molecular formula is C14H19F2NO2. The summed E-state index contributed by atoms with van der Waals surface area (Å²) >= 11 is 0. The van der Waals surface area contributed by atoms with Crippen LogP contribution in [0.15, 0.2) is 24.3 Å². The van der Waals surface area contributed by atoms with Gasteiger partial charge in [0.05, 0.1) is 0 Å². The zero-order valence-corrected chi connectivity index (χ0v) is 11.4. The lowest BCUT2D eigenvalue weighted by Crippen LogP contribution is -2.44. The fourth-order valence-corrected chi connectivity index (χ4v) is 1.56. The van der Waals surface area contributed by atoms with E-state index in [-0.39, 0.29) is 17.2 Å². The first-order valence-corrected chi connectivity index (χ1v) is 6.27. The van der Waals surface area contributed by atoms with Crippen molar-refractivity contribution < 1.29 is 18.3 Å². The van der Waals surface area contributed by atoms with E-state index >= 15 is 0 Å². The van der Waals surface area contributed by atoms with Crippen LogP contribution in [-0.2, 0) is 0 Å². The van der Waals surface area contributed by atoms with E-state index in [1.54, 1.807) is 0 Å². The molecule has 0 bridgehead atoms. The van der Waals surface area contributed by atoms with Crippen molar-refractivity contribution in [3.8, 4) is 5.75 Å². The minimum atomic E-state index is -2.86. The van der Waals surface area contributed by atoms with E-state index in [4.69, 9.17) is 0 Å². The normalized spacial score (nSPS) is 11.5. The van der Waals surface area contributed by atoms with Gasteiger partial charge in [-0.1, -0.05) is 13.8 Å². The number of halogens is 2. The third kappa shape index (κ3) is 4.50. The monoisotopic (exact) mass is 271 g/mol. The third-order valence-corrected chi connectivity index (χ3v) is 3.32. The quantitative estimate of drug-likeness (QED) is 0.858. The Balaban J connectivity index is 2.73. The highest BCUT2D eigenvalue weighted by atomic mass is 19.3. The molecule has 0 aliphatic carbocycles. The van der Waals surface area contributed by atoms with Crippen LogP contribution in [0, 0.1) is 0 Å². The molecule has 0 fully saturated rings.